The molecule has 1 fully saturated rings. The van der Waals surface area contributed by atoms with Gasteiger partial charge in [0.1, 0.15) is 19.5 Å². The van der Waals surface area contributed by atoms with Gasteiger partial charge in [0.15, 0.2) is 5.13 Å². The van der Waals surface area contributed by atoms with Gasteiger partial charge >= 0.3 is 0 Å². The van der Waals surface area contributed by atoms with Gasteiger partial charge < -0.3 is 19.3 Å². The van der Waals surface area contributed by atoms with Gasteiger partial charge in [-0.05, 0) is 24.1 Å². The Morgan fingerprint density at radius 2 is 2.08 bits per heavy atom. The first-order valence-electron chi connectivity index (χ1n) is 8.63. The Labute approximate surface area is 150 Å². The molecule has 1 aromatic heterocycles. The van der Waals surface area contributed by atoms with Gasteiger partial charge in [0.05, 0.1) is 10.2 Å². The summed E-state index contributed by atoms with van der Waals surface area (Å²) in [4.78, 5) is 21.3. The van der Waals surface area contributed by atoms with Crippen molar-refractivity contribution in [1.29, 1.82) is 0 Å². The number of ether oxygens (including phenoxy) is 2. The number of thiazole rings is 1. The average molecular weight is 359 g/mol. The van der Waals surface area contributed by atoms with Crippen LogP contribution in [0.15, 0.2) is 30.2 Å². The van der Waals surface area contributed by atoms with Crippen molar-refractivity contribution in [2.45, 2.75) is 13.3 Å². The summed E-state index contributed by atoms with van der Waals surface area (Å²) in [6.07, 6.45) is 2.46. The van der Waals surface area contributed by atoms with Crippen LogP contribution in [0.25, 0.3) is 10.2 Å². The summed E-state index contributed by atoms with van der Waals surface area (Å²) in [5.41, 5.74) is 2.38. The summed E-state index contributed by atoms with van der Waals surface area (Å²) < 4.78 is 11.8. The molecule has 0 atom stereocenters. The van der Waals surface area contributed by atoms with Gasteiger partial charge in [0.25, 0.3) is 5.91 Å². The Morgan fingerprint density at radius 1 is 1.24 bits per heavy atom. The van der Waals surface area contributed by atoms with Crippen molar-refractivity contribution in [3.8, 4) is 0 Å². The van der Waals surface area contributed by atoms with Crippen LogP contribution in [0.2, 0.25) is 0 Å². The topological polar surface area (TPSA) is 54.9 Å². The van der Waals surface area contributed by atoms with E-state index in [2.05, 4.69) is 30.0 Å². The molecule has 0 aliphatic carbocycles. The molecule has 7 heteroatoms. The summed E-state index contributed by atoms with van der Waals surface area (Å²) in [5.74, 6) is 0.225. The molecule has 0 radical (unpaired) electrons. The smallest absolute Gasteiger partial charge is 0.292 e. The van der Waals surface area contributed by atoms with Crippen molar-refractivity contribution < 1.29 is 14.3 Å². The summed E-state index contributed by atoms with van der Waals surface area (Å²) in [7, 11) is 0. The Morgan fingerprint density at radius 3 is 2.80 bits per heavy atom. The first kappa shape index (κ1) is 16.2. The number of piperazine rings is 1. The quantitative estimate of drug-likeness (QED) is 0.842. The molecule has 0 spiro atoms. The zero-order chi connectivity index (χ0) is 17.2. The highest BCUT2D eigenvalue weighted by atomic mass is 32.1. The third-order valence-electron chi connectivity index (χ3n) is 4.55. The summed E-state index contributed by atoms with van der Waals surface area (Å²) in [6.45, 7) is 5.98. The van der Waals surface area contributed by atoms with E-state index in [1.807, 2.05) is 4.90 Å². The van der Waals surface area contributed by atoms with Crippen LogP contribution in [0.5, 0.6) is 0 Å². The summed E-state index contributed by atoms with van der Waals surface area (Å²) in [5, 5.41) is 1.03. The molecule has 1 aromatic carbocycles. The van der Waals surface area contributed by atoms with E-state index >= 15 is 0 Å². The van der Waals surface area contributed by atoms with E-state index in [-0.39, 0.29) is 5.91 Å². The highest BCUT2D eigenvalue weighted by Gasteiger charge is 2.27. The lowest BCUT2D eigenvalue weighted by molar-refractivity contribution is -0.132. The number of amides is 1. The molecule has 2 aliphatic rings. The first-order valence-corrected chi connectivity index (χ1v) is 9.44. The maximum atomic E-state index is 12.4. The van der Waals surface area contributed by atoms with Gasteiger partial charge in [-0.3, -0.25) is 4.79 Å². The van der Waals surface area contributed by atoms with Crippen LogP contribution in [0.3, 0.4) is 0 Å². The third kappa shape index (κ3) is 3.28. The zero-order valence-corrected chi connectivity index (χ0v) is 15.1. The van der Waals surface area contributed by atoms with E-state index in [1.54, 1.807) is 11.3 Å². The number of nitrogens with zero attached hydrogens (tertiary/aromatic N) is 3. The molecule has 25 heavy (non-hydrogen) atoms. The first-order chi connectivity index (χ1) is 12.2. The van der Waals surface area contributed by atoms with Crippen molar-refractivity contribution in [2.75, 3.05) is 44.3 Å². The predicted molar refractivity (Wildman–Crippen MR) is 97.8 cm³/mol. The van der Waals surface area contributed by atoms with Crippen LogP contribution in [-0.2, 0) is 20.7 Å². The van der Waals surface area contributed by atoms with Gasteiger partial charge in [-0.1, -0.05) is 24.3 Å². The maximum Gasteiger partial charge on any atom is 0.292 e. The van der Waals surface area contributed by atoms with E-state index in [0.717, 1.165) is 30.2 Å². The lowest BCUT2D eigenvalue weighted by Crippen LogP contribution is -2.49. The van der Waals surface area contributed by atoms with Crippen molar-refractivity contribution in [1.82, 2.24) is 9.88 Å². The molecular weight excluding hydrogens is 338 g/mol. The second-order valence-corrected chi connectivity index (χ2v) is 7.14. The van der Waals surface area contributed by atoms with Gasteiger partial charge in [-0.2, -0.15) is 0 Å². The largest absolute Gasteiger partial charge is 0.494 e. The van der Waals surface area contributed by atoms with Crippen molar-refractivity contribution in [2.24, 2.45) is 0 Å². The number of benzene rings is 1. The molecule has 0 unspecified atom stereocenters. The van der Waals surface area contributed by atoms with E-state index in [1.165, 1.54) is 16.5 Å². The molecule has 1 saturated heterocycles. The highest BCUT2D eigenvalue weighted by Crippen LogP contribution is 2.30. The molecule has 0 bridgehead atoms. The minimum absolute atomic E-state index is 0.0868. The van der Waals surface area contributed by atoms with Crippen molar-refractivity contribution >= 4 is 32.6 Å². The minimum atomic E-state index is -0.0868. The van der Waals surface area contributed by atoms with Gasteiger partial charge in [-0.25, -0.2) is 4.98 Å². The fourth-order valence-electron chi connectivity index (χ4n) is 3.05. The molecule has 3 heterocycles. The van der Waals surface area contributed by atoms with Gasteiger partial charge in [0.2, 0.25) is 5.76 Å². The molecule has 0 saturated carbocycles. The standard InChI is InChI=1S/C18H21N3O3S/c1-2-13-3-4-14-16(11-13)25-18(19-14)21-7-5-20(6-8-21)17(22)15-12-23-9-10-24-15/h3-4,11-12H,2,5-10H2,1H3. The number of aryl methyl sites for hydroxylation is 1. The molecule has 2 aromatic rings. The van der Waals surface area contributed by atoms with E-state index in [9.17, 15) is 4.79 Å². The number of hydrogen-bond acceptors (Lipinski definition) is 6. The number of rotatable bonds is 3. The van der Waals surface area contributed by atoms with E-state index in [0.29, 0.717) is 32.1 Å². The normalized spacial score (nSPS) is 17.9. The second kappa shape index (κ2) is 6.92. The number of fused-ring (bicyclic) bond motifs is 1. The Hall–Kier alpha value is -2.28. The minimum Gasteiger partial charge on any atom is -0.494 e. The zero-order valence-electron chi connectivity index (χ0n) is 14.2. The Kier molecular flexibility index (Phi) is 4.48. The van der Waals surface area contributed by atoms with E-state index < -0.39 is 0 Å². The number of anilines is 1. The van der Waals surface area contributed by atoms with Crippen LogP contribution in [0, 0.1) is 0 Å². The van der Waals surface area contributed by atoms with Gasteiger partial charge in [0, 0.05) is 26.2 Å². The summed E-state index contributed by atoms with van der Waals surface area (Å²) in [6, 6.07) is 6.46. The Balaban J connectivity index is 1.43. The lowest BCUT2D eigenvalue weighted by atomic mass is 10.2. The molecule has 132 valence electrons. The molecule has 1 amide bonds. The van der Waals surface area contributed by atoms with E-state index in [4.69, 9.17) is 14.5 Å². The molecular formula is C18H21N3O3S. The lowest BCUT2D eigenvalue weighted by Gasteiger charge is -2.35. The second-order valence-electron chi connectivity index (χ2n) is 6.13. The number of carbonyl (C=O) groups is 1. The SMILES string of the molecule is CCc1ccc2nc(N3CCN(C(=O)C4=COCCO4)CC3)sc2c1. The van der Waals surface area contributed by atoms with Crippen LogP contribution < -0.4 is 4.90 Å². The average Bonchev–Trinajstić information content (AvgIpc) is 3.11. The van der Waals surface area contributed by atoms with Crippen LogP contribution in [0.1, 0.15) is 12.5 Å². The van der Waals surface area contributed by atoms with Crippen molar-refractivity contribution in [3.63, 3.8) is 0 Å². The molecule has 6 nitrogen and oxygen atoms in total. The summed E-state index contributed by atoms with van der Waals surface area (Å²) >= 11 is 1.73. The highest BCUT2D eigenvalue weighted by molar-refractivity contribution is 7.22. The van der Waals surface area contributed by atoms with Crippen LogP contribution in [-0.4, -0.2) is 55.2 Å². The maximum absolute atomic E-state index is 12.4. The third-order valence-corrected chi connectivity index (χ3v) is 5.63. The monoisotopic (exact) mass is 359 g/mol. The molecule has 2 aliphatic heterocycles. The molecule has 0 N–H and O–H groups in total. The van der Waals surface area contributed by atoms with Gasteiger partial charge in [-0.15, -0.1) is 0 Å². The van der Waals surface area contributed by atoms with Crippen molar-refractivity contribution in [3.05, 3.63) is 35.8 Å². The number of carbonyl (C=O) groups excluding carboxylic acids is 1. The Bertz CT molecular complexity index is 809. The number of aromatic nitrogens is 1. The number of hydrogen-bond donors (Lipinski definition) is 0. The van der Waals surface area contributed by atoms with Crippen LogP contribution in [0.4, 0.5) is 5.13 Å². The van der Waals surface area contributed by atoms with Crippen LogP contribution >= 0.6 is 11.3 Å². The predicted octanol–water partition coefficient (Wildman–Crippen LogP) is 2.40. The fraction of sp³-hybridized carbons (Fsp3) is 0.444. The fourth-order valence-corrected chi connectivity index (χ4v) is 4.13. The molecule has 4 rings (SSSR count).